The smallest absolute Gasteiger partial charge is 0.245 e. The molecule has 4 nitrogen and oxygen atoms in total. The highest BCUT2D eigenvalue weighted by Crippen LogP contribution is 2.39. The van der Waals surface area contributed by atoms with Gasteiger partial charge in [-0.3, -0.25) is 0 Å². The molecule has 0 aliphatic heterocycles. The van der Waals surface area contributed by atoms with Gasteiger partial charge >= 0.3 is 0 Å². The third-order valence-electron chi connectivity index (χ3n) is 4.05. The molecule has 1 aliphatic rings. The number of hydrogen-bond donors (Lipinski definition) is 1. The van der Waals surface area contributed by atoms with E-state index in [1.165, 1.54) is 4.31 Å². The Labute approximate surface area is 115 Å². The van der Waals surface area contributed by atoms with Crippen LogP contribution in [0.3, 0.4) is 0 Å². The normalized spacial score (nSPS) is 22.8. The first-order valence-corrected chi connectivity index (χ1v) is 8.01. The van der Waals surface area contributed by atoms with E-state index in [4.69, 9.17) is 5.73 Å². The van der Waals surface area contributed by atoms with E-state index < -0.39 is 10.0 Å². The molecule has 0 bridgehead atoms. The second-order valence-electron chi connectivity index (χ2n) is 5.70. The molecule has 2 unspecified atom stereocenters. The third-order valence-corrected chi connectivity index (χ3v) is 6.07. The van der Waals surface area contributed by atoms with Crippen molar-refractivity contribution in [3.8, 4) is 0 Å². The number of sulfonamides is 1. The lowest BCUT2D eigenvalue weighted by Gasteiger charge is -2.20. The summed E-state index contributed by atoms with van der Waals surface area (Å²) in [5, 5.41) is 0. The fraction of sp³-hybridized carbons (Fsp3) is 0.571. The predicted octanol–water partition coefficient (Wildman–Crippen LogP) is 2.16. The predicted molar refractivity (Wildman–Crippen MR) is 77.4 cm³/mol. The van der Waals surface area contributed by atoms with E-state index in [2.05, 4.69) is 6.92 Å². The number of benzene rings is 1. The highest BCUT2D eigenvalue weighted by Gasteiger charge is 2.37. The minimum Gasteiger partial charge on any atom is -0.397 e. The number of nitrogens with two attached hydrogens (primary N) is 1. The number of anilines is 1. The van der Waals surface area contributed by atoms with Crippen LogP contribution >= 0.6 is 0 Å². The Hall–Kier alpha value is -1.07. The molecule has 5 heteroatoms. The molecule has 1 aromatic rings. The van der Waals surface area contributed by atoms with Crippen LogP contribution in [0.15, 0.2) is 17.0 Å². The average Bonchev–Trinajstić information content (AvgIpc) is 3.00. The molecule has 1 saturated carbocycles. The lowest BCUT2D eigenvalue weighted by atomic mass is 10.1. The minimum absolute atomic E-state index is 0.267. The van der Waals surface area contributed by atoms with Crippen LogP contribution in [0.25, 0.3) is 0 Å². The van der Waals surface area contributed by atoms with Crippen molar-refractivity contribution in [1.29, 1.82) is 0 Å². The number of rotatable bonds is 4. The lowest BCUT2D eigenvalue weighted by molar-refractivity contribution is 0.444. The van der Waals surface area contributed by atoms with E-state index in [-0.39, 0.29) is 4.90 Å². The standard InChI is InChI=1S/C14H22N2O2S/c1-9-5-6-10(2)14(13(9)15)19(17,18)16(4)8-12-7-11(12)3/h5-6,11-12H,7-8,15H2,1-4H3. The fourth-order valence-electron chi connectivity index (χ4n) is 2.39. The van der Waals surface area contributed by atoms with Crippen LogP contribution in [0.4, 0.5) is 5.69 Å². The van der Waals surface area contributed by atoms with E-state index in [9.17, 15) is 8.42 Å². The second kappa shape index (κ2) is 4.80. The molecule has 0 saturated heterocycles. The number of nitrogens with zero attached hydrogens (tertiary/aromatic N) is 1. The first kappa shape index (κ1) is 14.3. The quantitative estimate of drug-likeness (QED) is 0.861. The van der Waals surface area contributed by atoms with Gasteiger partial charge in [0.2, 0.25) is 10.0 Å². The molecule has 2 N–H and O–H groups in total. The Balaban J connectivity index is 2.36. The molecule has 0 spiro atoms. The lowest BCUT2D eigenvalue weighted by Crippen LogP contribution is -2.30. The van der Waals surface area contributed by atoms with Crippen molar-refractivity contribution in [3.05, 3.63) is 23.3 Å². The third kappa shape index (κ3) is 2.62. The minimum atomic E-state index is -3.49. The van der Waals surface area contributed by atoms with Crippen molar-refractivity contribution in [2.45, 2.75) is 32.1 Å². The van der Waals surface area contributed by atoms with Crippen molar-refractivity contribution in [2.24, 2.45) is 11.8 Å². The van der Waals surface area contributed by atoms with Gasteiger partial charge in [0, 0.05) is 13.6 Å². The number of nitrogen functional groups attached to an aromatic ring is 1. The maximum atomic E-state index is 12.6. The Kier molecular flexibility index (Phi) is 3.62. The molecule has 0 aromatic heterocycles. The average molecular weight is 282 g/mol. The van der Waals surface area contributed by atoms with Gasteiger partial charge in [-0.05, 0) is 43.2 Å². The molecule has 19 heavy (non-hydrogen) atoms. The summed E-state index contributed by atoms with van der Waals surface area (Å²) in [5.74, 6) is 1.12. The molecule has 1 aliphatic carbocycles. The van der Waals surface area contributed by atoms with Crippen LogP contribution in [-0.4, -0.2) is 26.3 Å². The van der Waals surface area contributed by atoms with E-state index in [0.29, 0.717) is 29.6 Å². The zero-order valence-corrected chi connectivity index (χ0v) is 12.8. The van der Waals surface area contributed by atoms with Crippen LogP contribution < -0.4 is 5.73 Å². The summed E-state index contributed by atoms with van der Waals surface area (Å²) < 4.78 is 26.7. The molecule has 0 radical (unpaired) electrons. The van der Waals surface area contributed by atoms with Gasteiger partial charge < -0.3 is 5.73 Å². The van der Waals surface area contributed by atoms with Crippen molar-refractivity contribution in [2.75, 3.05) is 19.3 Å². The summed E-state index contributed by atoms with van der Waals surface area (Å²) in [6.07, 6.45) is 1.11. The van der Waals surface area contributed by atoms with Crippen LogP contribution in [0.1, 0.15) is 24.5 Å². The Morgan fingerprint density at radius 1 is 1.32 bits per heavy atom. The molecular weight excluding hydrogens is 260 g/mol. The molecule has 106 valence electrons. The highest BCUT2D eigenvalue weighted by molar-refractivity contribution is 7.89. The summed E-state index contributed by atoms with van der Waals surface area (Å²) in [7, 11) is -1.85. The van der Waals surface area contributed by atoms with Crippen LogP contribution in [0, 0.1) is 25.7 Å². The van der Waals surface area contributed by atoms with Crippen LogP contribution in [0.5, 0.6) is 0 Å². The fourth-order valence-corrected chi connectivity index (χ4v) is 4.00. The van der Waals surface area contributed by atoms with Crippen molar-refractivity contribution < 1.29 is 8.42 Å². The molecule has 2 rings (SSSR count). The van der Waals surface area contributed by atoms with Gasteiger partial charge in [-0.15, -0.1) is 0 Å². The zero-order chi connectivity index (χ0) is 14.4. The Bertz CT molecular complexity index is 596. The van der Waals surface area contributed by atoms with Gasteiger partial charge in [0.05, 0.1) is 5.69 Å². The summed E-state index contributed by atoms with van der Waals surface area (Å²) in [6, 6.07) is 3.67. The second-order valence-corrected chi connectivity index (χ2v) is 7.68. The van der Waals surface area contributed by atoms with Gasteiger partial charge in [0.15, 0.2) is 0 Å². The van der Waals surface area contributed by atoms with Gasteiger partial charge in [-0.1, -0.05) is 19.1 Å². The Morgan fingerprint density at radius 2 is 1.84 bits per heavy atom. The van der Waals surface area contributed by atoms with E-state index >= 15 is 0 Å². The molecule has 1 fully saturated rings. The maximum absolute atomic E-state index is 12.6. The van der Waals surface area contributed by atoms with Gasteiger partial charge in [-0.25, -0.2) is 12.7 Å². The highest BCUT2D eigenvalue weighted by atomic mass is 32.2. The number of hydrogen-bond acceptors (Lipinski definition) is 3. The monoisotopic (exact) mass is 282 g/mol. The van der Waals surface area contributed by atoms with Gasteiger partial charge in [-0.2, -0.15) is 0 Å². The molecule has 0 amide bonds. The molecular formula is C14H22N2O2S. The summed E-state index contributed by atoms with van der Waals surface area (Å²) in [4.78, 5) is 0.267. The zero-order valence-electron chi connectivity index (χ0n) is 12.0. The topological polar surface area (TPSA) is 63.4 Å². The van der Waals surface area contributed by atoms with Gasteiger partial charge in [0.25, 0.3) is 0 Å². The molecule has 1 aromatic carbocycles. The van der Waals surface area contributed by atoms with Crippen molar-refractivity contribution in [1.82, 2.24) is 4.31 Å². The summed E-state index contributed by atoms with van der Waals surface area (Å²) in [5.41, 5.74) is 7.86. The number of aryl methyl sites for hydroxylation is 2. The SMILES string of the molecule is Cc1ccc(C)c(S(=O)(=O)N(C)CC2CC2C)c1N. The van der Waals surface area contributed by atoms with Crippen molar-refractivity contribution >= 4 is 15.7 Å². The van der Waals surface area contributed by atoms with Crippen molar-refractivity contribution in [3.63, 3.8) is 0 Å². The first-order valence-electron chi connectivity index (χ1n) is 6.57. The summed E-state index contributed by atoms with van der Waals surface area (Å²) in [6.45, 7) is 6.35. The molecule has 0 heterocycles. The van der Waals surface area contributed by atoms with E-state index in [1.54, 1.807) is 14.0 Å². The van der Waals surface area contributed by atoms with Crippen LogP contribution in [0.2, 0.25) is 0 Å². The summed E-state index contributed by atoms with van der Waals surface area (Å²) >= 11 is 0. The first-order chi connectivity index (χ1) is 8.75. The van der Waals surface area contributed by atoms with E-state index in [0.717, 1.165) is 12.0 Å². The van der Waals surface area contributed by atoms with Gasteiger partial charge in [0.1, 0.15) is 4.90 Å². The van der Waals surface area contributed by atoms with E-state index in [1.807, 2.05) is 19.1 Å². The molecule has 2 atom stereocenters. The largest absolute Gasteiger partial charge is 0.397 e. The Morgan fingerprint density at radius 3 is 2.37 bits per heavy atom. The maximum Gasteiger partial charge on any atom is 0.245 e. The van der Waals surface area contributed by atoms with Crippen LogP contribution in [-0.2, 0) is 10.0 Å².